The van der Waals surface area contributed by atoms with Gasteiger partial charge in [-0.05, 0) is 48.7 Å². The predicted molar refractivity (Wildman–Crippen MR) is 147 cm³/mol. The van der Waals surface area contributed by atoms with Crippen molar-refractivity contribution in [2.45, 2.75) is 38.8 Å². The minimum atomic E-state index is -3.82. The zero-order valence-corrected chi connectivity index (χ0v) is 22.8. The quantitative estimate of drug-likeness (QED) is 0.340. The zero-order chi connectivity index (χ0) is 28.4. The third kappa shape index (κ3) is 8.61. The third-order valence-electron chi connectivity index (χ3n) is 6.16. The average molecular weight is 558 g/mol. The van der Waals surface area contributed by atoms with E-state index in [0.29, 0.717) is 12.1 Å². The standard InChI is InChI=1S/C29H33F2N3O4S/c1-3-32-29(36)27(20-22-10-5-4-6-11-22)33(21-23-15-17-24(30)18-16-23)28(35)14-9-19-34(39(2,37)38)26-13-8-7-12-25(26)31/h4-8,10-13,15-18,27H,3,9,14,19-21H2,1-2H3,(H,32,36)/t27-/m1/s1. The largest absolute Gasteiger partial charge is 0.355 e. The van der Waals surface area contributed by atoms with Gasteiger partial charge < -0.3 is 10.2 Å². The molecule has 0 heterocycles. The second-order valence-electron chi connectivity index (χ2n) is 9.14. The summed E-state index contributed by atoms with van der Waals surface area (Å²) in [4.78, 5) is 28.2. The highest BCUT2D eigenvalue weighted by Crippen LogP contribution is 2.23. The van der Waals surface area contributed by atoms with Crippen molar-refractivity contribution < 1.29 is 26.8 Å². The Kier molecular flexibility index (Phi) is 10.6. The van der Waals surface area contributed by atoms with Gasteiger partial charge in [0.1, 0.15) is 17.7 Å². The van der Waals surface area contributed by atoms with Gasteiger partial charge in [-0.25, -0.2) is 17.2 Å². The highest BCUT2D eigenvalue weighted by atomic mass is 32.2. The predicted octanol–water partition coefficient (Wildman–Crippen LogP) is 4.29. The van der Waals surface area contributed by atoms with Gasteiger partial charge in [-0.2, -0.15) is 0 Å². The maximum atomic E-state index is 14.4. The van der Waals surface area contributed by atoms with Crippen LogP contribution in [0, 0.1) is 11.6 Å². The fourth-order valence-corrected chi connectivity index (χ4v) is 5.24. The maximum Gasteiger partial charge on any atom is 0.243 e. The molecule has 0 aliphatic carbocycles. The lowest BCUT2D eigenvalue weighted by Gasteiger charge is -2.32. The third-order valence-corrected chi connectivity index (χ3v) is 7.34. The summed E-state index contributed by atoms with van der Waals surface area (Å²) in [5, 5.41) is 2.80. The number of amides is 2. The first kappa shape index (κ1) is 29.8. The van der Waals surface area contributed by atoms with E-state index in [2.05, 4.69) is 5.32 Å². The molecule has 10 heteroatoms. The molecule has 0 saturated heterocycles. The number of nitrogens with zero attached hydrogens (tertiary/aromatic N) is 2. The van der Waals surface area contributed by atoms with Crippen LogP contribution in [0.1, 0.15) is 30.9 Å². The molecule has 3 rings (SSSR count). The number of sulfonamides is 1. The summed E-state index contributed by atoms with van der Waals surface area (Å²) in [6, 6.07) is 19.6. The molecule has 1 N–H and O–H groups in total. The number of halogens is 2. The number of rotatable bonds is 13. The van der Waals surface area contributed by atoms with Crippen LogP contribution in [0.3, 0.4) is 0 Å². The lowest BCUT2D eigenvalue weighted by molar-refractivity contribution is -0.141. The molecule has 0 bridgehead atoms. The van der Waals surface area contributed by atoms with Crippen LogP contribution in [0.25, 0.3) is 0 Å². The summed E-state index contributed by atoms with van der Waals surface area (Å²) in [6.45, 7) is 2.08. The molecule has 0 aliphatic heterocycles. The number of carbonyl (C=O) groups excluding carboxylic acids is 2. The number of hydrogen-bond donors (Lipinski definition) is 1. The highest BCUT2D eigenvalue weighted by molar-refractivity contribution is 7.92. The Hall–Kier alpha value is -3.79. The first-order valence-electron chi connectivity index (χ1n) is 12.7. The number of nitrogens with one attached hydrogen (secondary N) is 1. The Balaban J connectivity index is 1.86. The number of carbonyl (C=O) groups is 2. The molecule has 3 aromatic rings. The zero-order valence-electron chi connectivity index (χ0n) is 22.0. The smallest absolute Gasteiger partial charge is 0.243 e. The molecule has 0 spiro atoms. The van der Waals surface area contributed by atoms with E-state index >= 15 is 0 Å². The van der Waals surface area contributed by atoms with Crippen LogP contribution >= 0.6 is 0 Å². The van der Waals surface area contributed by atoms with Crippen LogP contribution in [0.2, 0.25) is 0 Å². The molecule has 0 fully saturated rings. The molecule has 2 amide bonds. The van der Waals surface area contributed by atoms with Crippen molar-refractivity contribution in [1.29, 1.82) is 0 Å². The molecule has 1 atom stereocenters. The van der Waals surface area contributed by atoms with Gasteiger partial charge >= 0.3 is 0 Å². The van der Waals surface area contributed by atoms with Crippen molar-refractivity contribution in [3.63, 3.8) is 0 Å². The number of benzene rings is 3. The van der Waals surface area contributed by atoms with Gasteiger partial charge in [0, 0.05) is 32.5 Å². The molecule has 39 heavy (non-hydrogen) atoms. The molecule has 0 radical (unpaired) electrons. The van der Waals surface area contributed by atoms with E-state index in [-0.39, 0.29) is 49.9 Å². The van der Waals surface area contributed by atoms with Crippen molar-refractivity contribution in [3.8, 4) is 0 Å². The first-order valence-corrected chi connectivity index (χ1v) is 14.5. The van der Waals surface area contributed by atoms with Crippen molar-refractivity contribution >= 4 is 27.5 Å². The van der Waals surface area contributed by atoms with Gasteiger partial charge in [0.25, 0.3) is 0 Å². The highest BCUT2D eigenvalue weighted by Gasteiger charge is 2.30. The van der Waals surface area contributed by atoms with Crippen molar-refractivity contribution in [2.24, 2.45) is 0 Å². The second-order valence-corrected chi connectivity index (χ2v) is 11.0. The number of likely N-dealkylation sites (N-methyl/N-ethyl adjacent to an activating group) is 1. The topological polar surface area (TPSA) is 86.8 Å². The first-order chi connectivity index (χ1) is 18.6. The lowest BCUT2D eigenvalue weighted by Crippen LogP contribution is -2.50. The Morgan fingerprint density at radius 1 is 0.897 bits per heavy atom. The number of hydrogen-bond acceptors (Lipinski definition) is 4. The normalized spacial score (nSPS) is 12.0. The van der Waals surface area contributed by atoms with Crippen molar-refractivity contribution in [3.05, 3.63) is 102 Å². The molecule has 0 saturated carbocycles. The van der Waals surface area contributed by atoms with E-state index < -0.39 is 27.7 Å². The van der Waals surface area contributed by atoms with Gasteiger partial charge in [0.2, 0.25) is 21.8 Å². The number of para-hydroxylation sites is 1. The van der Waals surface area contributed by atoms with E-state index in [1.807, 2.05) is 30.3 Å². The monoisotopic (exact) mass is 557 g/mol. The van der Waals surface area contributed by atoms with Crippen LogP contribution in [-0.2, 0) is 32.6 Å². The number of anilines is 1. The Bertz CT molecular complexity index is 1350. The van der Waals surface area contributed by atoms with Gasteiger partial charge in [0.05, 0.1) is 11.9 Å². The molecular formula is C29H33F2N3O4S. The Morgan fingerprint density at radius 3 is 2.15 bits per heavy atom. The van der Waals surface area contributed by atoms with Crippen LogP contribution in [0.5, 0.6) is 0 Å². The summed E-state index contributed by atoms with van der Waals surface area (Å²) in [5.74, 6) is -1.82. The molecule has 208 valence electrons. The Morgan fingerprint density at radius 2 is 1.54 bits per heavy atom. The Labute approximate surface area is 228 Å². The van der Waals surface area contributed by atoms with Crippen molar-refractivity contribution in [1.82, 2.24) is 10.2 Å². The SMILES string of the molecule is CCNC(=O)[C@@H](Cc1ccccc1)N(Cc1ccc(F)cc1)C(=O)CCCN(c1ccccc1F)S(C)(=O)=O. The molecule has 7 nitrogen and oxygen atoms in total. The van der Waals surface area contributed by atoms with E-state index in [9.17, 15) is 26.8 Å². The molecule has 3 aromatic carbocycles. The van der Waals surface area contributed by atoms with Crippen LogP contribution < -0.4 is 9.62 Å². The van der Waals surface area contributed by atoms with E-state index in [1.54, 1.807) is 19.1 Å². The van der Waals surface area contributed by atoms with Crippen LogP contribution in [0.4, 0.5) is 14.5 Å². The average Bonchev–Trinajstić information content (AvgIpc) is 2.90. The fraction of sp³-hybridized carbons (Fsp3) is 0.310. The van der Waals surface area contributed by atoms with E-state index in [0.717, 1.165) is 16.1 Å². The summed E-state index contributed by atoms with van der Waals surface area (Å²) >= 11 is 0. The minimum Gasteiger partial charge on any atom is -0.355 e. The van der Waals surface area contributed by atoms with Gasteiger partial charge in [-0.1, -0.05) is 54.6 Å². The maximum absolute atomic E-state index is 14.4. The summed E-state index contributed by atoms with van der Waals surface area (Å²) in [5.41, 5.74) is 1.39. The lowest BCUT2D eigenvalue weighted by atomic mass is 10.0. The van der Waals surface area contributed by atoms with Crippen LogP contribution in [-0.4, -0.2) is 50.5 Å². The summed E-state index contributed by atoms with van der Waals surface area (Å²) < 4.78 is 53.7. The van der Waals surface area contributed by atoms with E-state index in [4.69, 9.17) is 0 Å². The van der Waals surface area contributed by atoms with Crippen molar-refractivity contribution in [2.75, 3.05) is 23.7 Å². The van der Waals surface area contributed by atoms with Gasteiger partial charge in [-0.15, -0.1) is 0 Å². The second kappa shape index (κ2) is 13.8. The van der Waals surface area contributed by atoms with E-state index in [1.165, 1.54) is 41.3 Å². The van der Waals surface area contributed by atoms with Crippen LogP contribution in [0.15, 0.2) is 78.9 Å². The molecule has 0 aliphatic rings. The summed E-state index contributed by atoms with van der Waals surface area (Å²) in [7, 11) is -3.82. The molecular weight excluding hydrogens is 524 g/mol. The van der Waals surface area contributed by atoms with Gasteiger partial charge in [-0.3, -0.25) is 13.9 Å². The minimum absolute atomic E-state index is 0.0524. The fourth-order valence-electron chi connectivity index (χ4n) is 4.27. The summed E-state index contributed by atoms with van der Waals surface area (Å²) in [6.07, 6.45) is 1.23. The van der Waals surface area contributed by atoms with Gasteiger partial charge in [0.15, 0.2) is 0 Å². The molecule has 0 unspecified atom stereocenters. The molecule has 0 aromatic heterocycles.